The zero-order chi connectivity index (χ0) is 9.31. The monoisotopic (exact) mass is 215 g/mol. The first-order chi connectivity index (χ1) is 6.23. The lowest BCUT2D eigenvalue weighted by molar-refractivity contribution is -0.144. The first kappa shape index (κ1) is 8.87. The predicted octanol–water partition coefficient (Wildman–Crippen LogP) is 1.79. The third-order valence-electron chi connectivity index (χ3n) is 1.72. The number of carbonyl (C=O) groups excluding carboxylic acids is 1. The first-order valence-corrected chi connectivity index (χ1v) is 4.81. The second-order valence-corrected chi connectivity index (χ2v) is 4.31. The number of benzene rings is 1. The molecule has 1 unspecified atom stereocenters. The van der Waals surface area contributed by atoms with E-state index in [4.69, 9.17) is 11.6 Å². The Kier molecular flexibility index (Phi) is 2.19. The van der Waals surface area contributed by atoms with Crippen LogP contribution in [0, 0.1) is 0 Å². The van der Waals surface area contributed by atoms with Crippen molar-refractivity contribution in [3.63, 3.8) is 0 Å². The highest BCUT2D eigenvalue weighted by Gasteiger charge is 2.46. The van der Waals surface area contributed by atoms with E-state index >= 15 is 0 Å². The minimum atomic E-state index is -1.14. The lowest BCUT2D eigenvalue weighted by Crippen LogP contribution is -2.21. The van der Waals surface area contributed by atoms with Crippen LogP contribution in [0.15, 0.2) is 30.3 Å². The van der Waals surface area contributed by atoms with Gasteiger partial charge in [0.15, 0.2) is 0 Å². The third-order valence-corrected chi connectivity index (χ3v) is 3.18. The maximum absolute atomic E-state index is 11.3. The third kappa shape index (κ3) is 1.41. The molecule has 1 aliphatic rings. The Bertz CT molecular complexity index is 332. The van der Waals surface area contributed by atoms with Crippen molar-refractivity contribution in [2.45, 2.75) is 4.21 Å². The maximum Gasteiger partial charge on any atom is 0.363 e. The average Bonchev–Trinajstić information content (AvgIpc) is 2.50. The van der Waals surface area contributed by atoms with Crippen LogP contribution in [0.2, 0.25) is 0 Å². The number of hydrogen-bond donors (Lipinski definition) is 1. The highest BCUT2D eigenvalue weighted by molar-refractivity contribution is 8.00. The van der Waals surface area contributed by atoms with E-state index in [0.29, 0.717) is 0 Å². The highest BCUT2D eigenvalue weighted by Crippen LogP contribution is 2.43. The molecule has 3 nitrogen and oxygen atoms in total. The zero-order valence-corrected chi connectivity index (χ0v) is 8.06. The molecule has 1 fully saturated rings. The van der Waals surface area contributed by atoms with Crippen LogP contribution in [0.3, 0.4) is 0 Å². The van der Waals surface area contributed by atoms with E-state index in [2.05, 4.69) is 9.72 Å². The second kappa shape index (κ2) is 3.21. The van der Waals surface area contributed by atoms with Crippen molar-refractivity contribution in [1.29, 1.82) is 0 Å². The molecule has 1 heterocycles. The summed E-state index contributed by atoms with van der Waals surface area (Å²) >= 11 is 7.12. The molecule has 13 heavy (non-hydrogen) atoms. The van der Waals surface area contributed by atoms with Gasteiger partial charge in [-0.25, -0.2) is 4.79 Å². The van der Waals surface area contributed by atoms with E-state index in [-0.39, 0.29) is 0 Å². The fourth-order valence-electron chi connectivity index (χ4n) is 1.05. The van der Waals surface area contributed by atoms with Gasteiger partial charge in [-0.1, -0.05) is 46.8 Å². The minimum Gasteiger partial charge on any atom is -0.357 e. The van der Waals surface area contributed by atoms with Gasteiger partial charge in [0.25, 0.3) is 0 Å². The first-order valence-electron chi connectivity index (χ1n) is 3.62. The van der Waals surface area contributed by atoms with Crippen molar-refractivity contribution in [3.05, 3.63) is 35.9 Å². The van der Waals surface area contributed by atoms with E-state index in [1.165, 1.54) is 0 Å². The van der Waals surface area contributed by atoms with Crippen LogP contribution in [0.5, 0.6) is 0 Å². The summed E-state index contributed by atoms with van der Waals surface area (Å²) < 4.78 is -1.14. The second-order valence-electron chi connectivity index (χ2n) is 2.54. The molecular formula is C8H6ClNO2S. The lowest BCUT2D eigenvalue weighted by Gasteiger charge is -2.13. The number of halogens is 1. The van der Waals surface area contributed by atoms with Crippen LogP contribution < -0.4 is 4.89 Å². The van der Waals surface area contributed by atoms with Crippen LogP contribution in [0.4, 0.5) is 0 Å². The molecule has 0 spiro atoms. The summed E-state index contributed by atoms with van der Waals surface area (Å²) in [6.45, 7) is 0. The molecule has 5 heteroatoms. The van der Waals surface area contributed by atoms with Gasteiger partial charge in [-0.2, -0.15) is 0 Å². The standard InChI is InChI=1S/C8H6ClNO2S/c9-8(7(11)12-10-13-8)6-4-2-1-3-5-6/h1-5,10H. The largest absolute Gasteiger partial charge is 0.363 e. The molecule has 68 valence electrons. The van der Waals surface area contributed by atoms with Crippen LogP contribution >= 0.6 is 23.5 Å². The number of hydrogen-bond acceptors (Lipinski definition) is 4. The van der Waals surface area contributed by atoms with Crippen molar-refractivity contribution >= 4 is 29.5 Å². The van der Waals surface area contributed by atoms with Crippen molar-refractivity contribution in [3.8, 4) is 0 Å². The van der Waals surface area contributed by atoms with Crippen molar-refractivity contribution < 1.29 is 9.63 Å². The summed E-state index contributed by atoms with van der Waals surface area (Å²) in [5.41, 5.74) is 0.719. The molecule has 0 bridgehead atoms. The number of alkyl halides is 1. The number of rotatable bonds is 1. The Morgan fingerprint density at radius 1 is 1.38 bits per heavy atom. The number of nitrogens with one attached hydrogen (secondary N) is 1. The summed E-state index contributed by atoms with van der Waals surface area (Å²) in [7, 11) is 0. The van der Waals surface area contributed by atoms with Crippen LogP contribution in [0.1, 0.15) is 5.56 Å². The van der Waals surface area contributed by atoms with E-state index in [9.17, 15) is 4.79 Å². The summed E-state index contributed by atoms with van der Waals surface area (Å²) in [6.07, 6.45) is 0. The Morgan fingerprint density at radius 3 is 2.62 bits per heavy atom. The average molecular weight is 216 g/mol. The van der Waals surface area contributed by atoms with Gasteiger partial charge in [-0.05, 0) is 17.5 Å². The predicted molar refractivity (Wildman–Crippen MR) is 50.8 cm³/mol. The molecule has 1 aliphatic heterocycles. The molecule has 0 amide bonds. The maximum atomic E-state index is 11.3. The van der Waals surface area contributed by atoms with Crippen molar-refractivity contribution in [1.82, 2.24) is 4.89 Å². The highest BCUT2D eigenvalue weighted by atomic mass is 35.5. The molecule has 1 atom stereocenters. The SMILES string of the molecule is O=C1ONSC1(Cl)c1ccccc1. The van der Waals surface area contributed by atoms with Crippen LogP contribution in [-0.2, 0) is 13.8 Å². The van der Waals surface area contributed by atoms with Gasteiger partial charge in [0.1, 0.15) is 0 Å². The summed E-state index contributed by atoms with van der Waals surface area (Å²) in [6, 6.07) is 9.09. The van der Waals surface area contributed by atoms with E-state index in [1.54, 1.807) is 12.1 Å². The normalized spacial score (nSPS) is 27.3. The molecule has 1 aromatic rings. The summed E-state index contributed by atoms with van der Waals surface area (Å²) in [4.78, 5) is 18.2. The summed E-state index contributed by atoms with van der Waals surface area (Å²) in [5, 5.41) is 0. The molecular weight excluding hydrogens is 210 g/mol. The summed E-state index contributed by atoms with van der Waals surface area (Å²) in [5.74, 6) is -0.481. The quantitative estimate of drug-likeness (QED) is 0.573. The molecule has 0 radical (unpaired) electrons. The van der Waals surface area contributed by atoms with E-state index < -0.39 is 10.2 Å². The topological polar surface area (TPSA) is 38.3 Å². The van der Waals surface area contributed by atoms with Gasteiger partial charge >= 0.3 is 5.97 Å². The number of carbonyl (C=O) groups is 1. The molecule has 2 rings (SSSR count). The Labute approximate surface area is 84.5 Å². The van der Waals surface area contributed by atoms with Gasteiger partial charge in [-0.3, -0.25) is 0 Å². The molecule has 0 aromatic heterocycles. The zero-order valence-electron chi connectivity index (χ0n) is 6.49. The van der Waals surface area contributed by atoms with Crippen LogP contribution in [-0.4, -0.2) is 5.97 Å². The van der Waals surface area contributed by atoms with E-state index in [1.807, 2.05) is 18.2 Å². The van der Waals surface area contributed by atoms with E-state index in [0.717, 1.165) is 17.5 Å². The fourth-order valence-corrected chi connectivity index (χ4v) is 1.92. The van der Waals surface area contributed by atoms with Gasteiger partial charge in [0.05, 0.1) is 0 Å². The van der Waals surface area contributed by atoms with Crippen molar-refractivity contribution in [2.24, 2.45) is 0 Å². The smallest absolute Gasteiger partial charge is 0.357 e. The minimum absolute atomic E-state index is 0.481. The van der Waals surface area contributed by atoms with Gasteiger partial charge < -0.3 is 4.84 Å². The Hall–Kier alpha value is -0.710. The molecule has 0 aliphatic carbocycles. The van der Waals surface area contributed by atoms with Crippen LogP contribution in [0.25, 0.3) is 0 Å². The van der Waals surface area contributed by atoms with Crippen molar-refractivity contribution in [2.75, 3.05) is 0 Å². The van der Waals surface area contributed by atoms with Gasteiger partial charge in [0.2, 0.25) is 4.21 Å². The Morgan fingerprint density at radius 2 is 2.08 bits per heavy atom. The Balaban J connectivity index is 2.40. The van der Waals surface area contributed by atoms with Gasteiger partial charge in [-0.15, -0.1) is 0 Å². The molecule has 1 aromatic carbocycles. The molecule has 0 saturated carbocycles. The molecule has 1 saturated heterocycles. The fraction of sp³-hybridized carbons (Fsp3) is 0.125. The van der Waals surface area contributed by atoms with Gasteiger partial charge in [0, 0.05) is 0 Å². The lowest BCUT2D eigenvalue weighted by atomic mass is 10.1. The molecule has 1 N–H and O–H groups in total.